The van der Waals surface area contributed by atoms with E-state index in [0.717, 1.165) is 31.4 Å². The molecule has 1 aromatic heterocycles. The highest BCUT2D eigenvalue weighted by Crippen LogP contribution is 2.36. The Morgan fingerprint density at radius 2 is 1.95 bits per heavy atom. The van der Waals surface area contributed by atoms with E-state index in [0.29, 0.717) is 11.3 Å². The van der Waals surface area contributed by atoms with E-state index in [1.165, 1.54) is 31.4 Å². The molecule has 3 heteroatoms. The normalized spacial score (nSPS) is 21.9. The lowest BCUT2D eigenvalue weighted by molar-refractivity contribution is 0.0969. The number of hydrogen-bond acceptors (Lipinski definition) is 2. The number of likely N-dealkylation sites (N-methyl/N-ethyl adjacent to an activating group) is 1. The van der Waals surface area contributed by atoms with Gasteiger partial charge >= 0.3 is 0 Å². The maximum Gasteiger partial charge on any atom is 0.164 e. The van der Waals surface area contributed by atoms with Crippen LogP contribution in [0.5, 0.6) is 0 Å². The largest absolute Gasteiger partial charge is 0.349 e. The molecule has 0 bridgehead atoms. The van der Waals surface area contributed by atoms with Crippen LogP contribution in [0.25, 0.3) is 0 Å². The van der Waals surface area contributed by atoms with Crippen molar-refractivity contribution in [3.8, 4) is 0 Å². The van der Waals surface area contributed by atoms with Gasteiger partial charge in [0.1, 0.15) is 0 Å². The number of ketones is 1. The second-order valence-electron chi connectivity index (χ2n) is 6.41. The molecule has 0 unspecified atom stereocenters. The third kappa shape index (κ3) is 2.14. The number of rotatable bonds is 3. The number of carbonyl (C=O) groups is 1. The van der Waals surface area contributed by atoms with Gasteiger partial charge in [-0.05, 0) is 45.8 Å². The van der Waals surface area contributed by atoms with E-state index in [1.807, 2.05) is 6.07 Å². The van der Waals surface area contributed by atoms with Crippen LogP contribution in [0.15, 0.2) is 12.3 Å². The fraction of sp³-hybridized carbons (Fsp3) is 0.688. The summed E-state index contributed by atoms with van der Waals surface area (Å²) in [5.41, 5.74) is 2.57. The molecule has 0 radical (unpaired) electrons. The molecule has 0 spiro atoms. The highest BCUT2D eigenvalue weighted by Gasteiger charge is 2.37. The van der Waals surface area contributed by atoms with Crippen molar-refractivity contribution in [3.05, 3.63) is 23.5 Å². The Kier molecular flexibility index (Phi) is 3.25. The van der Waals surface area contributed by atoms with E-state index >= 15 is 0 Å². The van der Waals surface area contributed by atoms with Gasteiger partial charge < -0.3 is 9.47 Å². The van der Waals surface area contributed by atoms with E-state index in [4.69, 9.17) is 0 Å². The molecule has 0 aliphatic heterocycles. The van der Waals surface area contributed by atoms with Crippen molar-refractivity contribution in [1.29, 1.82) is 0 Å². The number of carbonyl (C=O) groups excluding carboxylic acids is 1. The molecule has 1 heterocycles. The molecule has 0 saturated heterocycles. The lowest BCUT2D eigenvalue weighted by atomic mass is 9.94. The predicted octanol–water partition coefficient (Wildman–Crippen LogP) is 2.88. The average molecular weight is 260 g/mol. The van der Waals surface area contributed by atoms with Gasteiger partial charge in [0.05, 0.1) is 0 Å². The highest BCUT2D eigenvalue weighted by molar-refractivity contribution is 5.98. The number of fused-ring (bicyclic) bond motifs is 1. The van der Waals surface area contributed by atoms with E-state index in [9.17, 15) is 4.79 Å². The van der Waals surface area contributed by atoms with Crippen LogP contribution in [0.2, 0.25) is 0 Å². The van der Waals surface area contributed by atoms with Gasteiger partial charge in [0, 0.05) is 36.0 Å². The molecular formula is C16H24N2O. The second-order valence-corrected chi connectivity index (χ2v) is 6.41. The van der Waals surface area contributed by atoms with Gasteiger partial charge in [-0.3, -0.25) is 4.79 Å². The summed E-state index contributed by atoms with van der Waals surface area (Å²) >= 11 is 0. The van der Waals surface area contributed by atoms with Crippen molar-refractivity contribution in [2.24, 2.45) is 0 Å². The minimum Gasteiger partial charge on any atom is -0.349 e. The Bertz CT molecular complexity index is 481. The van der Waals surface area contributed by atoms with Crippen LogP contribution in [0.1, 0.15) is 54.6 Å². The molecule has 0 amide bonds. The topological polar surface area (TPSA) is 25.2 Å². The van der Waals surface area contributed by atoms with Crippen molar-refractivity contribution in [2.75, 3.05) is 14.1 Å². The van der Waals surface area contributed by atoms with Gasteiger partial charge in [0.15, 0.2) is 5.78 Å². The summed E-state index contributed by atoms with van der Waals surface area (Å²) < 4.78 is 2.36. The first-order valence-corrected chi connectivity index (χ1v) is 7.51. The van der Waals surface area contributed by atoms with Crippen LogP contribution in [-0.2, 0) is 13.0 Å². The van der Waals surface area contributed by atoms with Crippen LogP contribution < -0.4 is 0 Å². The first kappa shape index (κ1) is 12.9. The van der Waals surface area contributed by atoms with Crippen molar-refractivity contribution >= 4 is 5.78 Å². The first-order valence-electron chi connectivity index (χ1n) is 7.51. The number of hydrogen-bond donors (Lipinski definition) is 0. The average Bonchev–Trinajstić information content (AvgIpc) is 2.99. The van der Waals surface area contributed by atoms with Crippen LogP contribution >= 0.6 is 0 Å². The Hall–Kier alpha value is -1.09. The quantitative estimate of drug-likeness (QED) is 0.835. The molecule has 2 aliphatic rings. The first-order chi connectivity index (χ1) is 9.12. The molecule has 1 saturated carbocycles. The highest BCUT2D eigenvalue weighted by atomic mass is 16.1. The molecule has 0 N–H and O–H groups in total. The minimum absolute atomic E-state index is 0.299. The number of aromatic nitrogens is 1. The summed E-state index contributed by atoms with van der Waals surface area (Å²) in [7, 11) is 4.40. The number of nitrogens with zero attached hydrogens (tertiary/aromatic N) is 2. The van der Waals surface area contributed by atoms with Gasteiger partial charge in [-0.2, -0.15) is 0 Å². The molecule has 3 nitrogen and oxygen atoms in total. The van der Waals surface area contributed by atoms with Crippen molar-refractivity contribution in [1.82, 2.24) is 9.47 Å². The Morgan fingerprint density at radius 3 is 2.63 bits per heavy atom. The third-order valence-corrected chi connectivity index (χ3v) is 5.14. The molecular weight excluding hydrogens is 236 g/mol. The molecule has 0 aromatic carbocycles. The fourth-order valence-corrected chi connectivity index (χ4v) is 3.83. The van der Waals surface area contributed by atoms with Crippen molar-refractivity contribution < 1.29 is 4.79 Å². The van der Waals surface area contributed by atoms with Gasteiger partial charge in [-0.25, -0.2) is 0 Å². The third-order valence-electron chi connectivity index (χ3n) is 5.14. The van der Waals surface area contributed by atoms with Crippen molar-refractivity contribution in [3.63, 3.8) is 0 Å². The van der Waals surface area contributed by atoms with Gasteiger partial charge in [0.2, 0.25) is 0 Å². The molecule has 1 fully saturated rings. The predicted molar refractivity (Wildman–Crippen MR) is 76.6 cm³/mol. The molecule has 0 atom stereocenters. The zero-order valence-electron chi connectivity index (χ0n) is 12.1. The summed E-state index contributed by atoms with van der Waals surface area (Å²) in [5.74, 6) is 0.338. The molecule has 1 aromatic rings. The zero-order valence-corrected chi connectivity index (χ0v) is 12.1. The maximum atomic E-state index is 11.9. The van der Waals surface area contributed by atoms with Crippen LogP contribution in [-0.4, -0.2) is 34.9 Å². The van der Waals surface area contributed by atoms with Crippen LogP contribution in [0, 0.1) is 0 Å². The number of Topliss-reactive ketones (excluding diaryl/α,β-unsaturated/α-hetero) is 1. The smallest absolute Gasteiger partial charge is 0.164 e. The van der Waals surface area contributed by atoms with E-state index < -0.39 is 0 Å². The van der Waals surface area contributed by atoms with E-state index in [1.54, 1.807) is 0 Å². The van der Waals surface area contributed by atoms with Crippen LogP contribution in [0.4, 0.5) is 0 Å². The monoisotopic (exact) mass is 260 g/mol. The lowest BCUT2D eigenvalue weighted by Gasteiger charge is -2.37. The van der Waals surface area contributed by atoms with E-state index in [-0.39, 0.29) is 0 Å². The Labute approximate surface area is 115 Å². The second kappa shape index (κ2) is 4.78. The van der Waals surface area contributed by atoms with Crippen molar-refractivity contribution in [2.45, 2.75) is 57.0 Å². The van der Waals surface area contributed by atoms with Crippen LogP contribution in [0.3, 0.4) is 0 Å². The summed E-state index contributed by atoms with van der Waals surface area (Å²) in [5, 5.41) is 0. The van der Waals surface area contributed by atoms with Gasteiger partial charge in [-0.15, -0.1) is 0 Å². The van der Waals surface area contributed by atoms with E-state index in [2.05, 4.69) is 29.8 Å². The zero-order chi connectivity index (χ0) is 13.5. The lowest BCUT2D eigenvalue weighted by Crippen LogP contribution is -2.45. The summed E-state index contributed by atoms with van der Waals surface area (Å²) in [6, 6.07) is 2.04. The summed E-state index contributed by atoms with van der Waals surface area (Å²) in [4.78, 5) is 14.3. The maximum absolute atomic E-state index is 11.9. The Balaban J connectivity index is 1.89. The Morgan fingerprint density at radius 1 is 1.21 bits per heavy atom. The minimum atomic E-state index is 0.299. The summed E-state index contributed by atoms with van der Waals surface area (Å²) in [6.07, 6.45) is 10.2. The van der Waals surface area contributed by atoms with Gasteiger partial charge in [0.25, 0.3) is 0 Å². The molecule has 19 heavy (non-hydrogen) atoms. The molecule has 2 aliphatic carbocycles. The standard InChI is InChI=1S/C16H24N2O/c1-17(2)16(9-3-4-10-16)12-18-11-8-13-14(18)6-5-7-15(13)19/h8,11H,3-7,9-10,12H2,1-2H3. The molecule has 104 valence electrons. The SMILES string of the molecule is CN(C)C1(Cn2ccc3c2CCCC3=O)CCCC1. The summed E-state index contributed by atoms with van der Waals surface area (Å²) in [6.45, 7) is 1.04. The van der Waals surface area contributed by atoms with Gasteiger partial charge in [-0.1, -0.05) is 12.8 Å². The molecule has 3 rings (SSSR count). The fourth-order valence-electron chi connectivity index (χ4n) is 3.83.